The molecule has 10 heteroatoms. The first-order valence-electron chi connectivity index (χ1n) is 9.86. The molecule has 2 saturated heterocycles. The van der Waals surface area contributed by atoms with Crippen LogP contribution in [0.5, 0.6) is 0 Å². The quantitative estimate of drug-likeness (QED) is 0.254. The van der Waals surface area contributed by atoms with Crippen LogP contribution >= 0.6 is 11.8 Å². The zero-order chi connectivity index (χ0) is 21.4. The molecule has 2 rings (SSSR count). The maximum atomic E-state index is 12.1. The van der Waals surface area contributed by atoms with Gasteiger partial charge in [-0.2, -0.15) is 11.8 Å². The van der Waals surface area contributed by atoms with Crippen molar-refractivity contribution >= 4 is 35.6 Å². The van der Waals surface area contributed by atoms with Gasteiger partial charge in [-0.3, -0.25) is 14.4 Å². The summed E-state index contributed by atoms with van der Waals surface area (Å²) in [5.41, 5.74) is 0. The fourth-order valence-electron chi connectivity index (χ4n) is 3.55. The van der Waals surface area contributed by atoms with E-state index in [-0.39, 0.29) is 37.0 Å². The van der Waals surface area contributed by atoms with Crippen molar-refractivity contribution in [1.29, 1.82) is 0 Å². The van der Waals surface area contributed by atoms with Gasteiger partial charge in [0.25, 0.3) is 0 Å². The van der Waals surface area contributed by atoms with E-state index in [1.807, 2.05) is 11.8 Å². The molecule has 2 aliphatic heterocycles. The zero-order valence-corrected chi connectivity index (χ0v) is 17.7. The maximum Gasteiger partial charge on any atom is 0.315 e. The molecule has 2 aliphatic rings. The Kier molecular flexibility index (Phi) is 9.06. The molecular formula is C19H30N3O6S. The van der Waals surface area contributed by atoms with Crippen LogP contribution in [0.25, 0.3) is 0 Å². The second-order valence-corrected chi connectivity index (χ2v) is 8.67. The van der Waals surface area contributed by atoms with Gasteiger partial charge in [0.15, 0.2) is 0 Å². The summed E-state index contributed by atoms with van der Waals surface area (Å²) in [5, 5.41) is 9.05. The molecule has 2 heterocycles. The van der Waals surface area contributed by atoms with Gasteiger partial charge in [-0.25, -0.2) is 4.79 Å². The minimum atomic E-state index is -0.651. The molecule has 0 bridgehead atoms. The molecule has 0 saturated carbocycles. The van der Waals surface area contributed by atoms with E-state index in [1.165, 1.54) is 13.8 Å². The zero-order valence-electron chi connectivity index (χ0n) is 16.9. The fraction of sp³-hybridized carbons (Fsp3) is 0.737. The minimum absolute atomic E-state index is 0.0661. The maximum absolute atomic E-state index is 12.1. The molecule has 163 valence electrons. The van der Waals surface area contributed by atoms with Gasteiger partial charge in [0.2, 0.25) is 5.91 Å². The Morgan fingerprint density at radius 3 is 2.69 bits per heavy atom. The van der Waals surface area contributed by atoms with Gasteiger partial charge < -0.3 is 25.4 Å². The second kappa shape index (κ2) is 11.3. The van der Waals surface area contributed by atoms with Crippen molar-refractivity contribution in [3.05, 3.63) is 6.92 Å². The summed E-state index contributed by atoms with van der Waals surface area (Å²) in [7, 11) is 0. The molecule has 0 spiro atoms. The lowest BCUT2D eigenvalue weighted by Crippen LogP contribution is -2.38. The number of hydrogen-bond acceptors (Lipinski definition) is 7. The van der Waals surface area contributed by atoms with Crippen molar-refractivity contribution in [1.82, 2.24) is 16.0 Å². The van der Waals surface area contributed by atoms with Gasteiger partial charge in [-0.05, 0) is 19.8 Å². The molecule has 0 aromatic carbocycles. The number of thioether (sulfide) groups is 1. The summed E-state index contributed by atoms with van der Waals surface area (Å²) < 4.78 is 9.99. The lowest BCUT2D eigenvalue weighted by molar-refractivity contribution is -0.156. The number of ether oxygens (including phenoxy) is 2. The van der Waals surface area contributed by atoms with Gasteiger partial charge in [0.05, 0.1) is 12.1 Å². The van der Waals surface area contributed by atoms with Crippen molar-refractivity contribution in [2.45, 2.75) is 75.4 Å². The summed E-state index contributed by atoms with van der Waals surface area (Å²) in [6, 6.07) is -0.161. The molecule has 0 aromatic rings. The monoisotopic (exact) mass is 428 g/mol. The second-order valence-electron chi connectivity index (χ2n) is 7.40. The number of nitrogens with one attached hydrogen (secondary N) is 3. The van der Waals surface area contributed by atoms with E-state index in [4.69, 9.17) is 9.47 Å². The highest BCUT2D eigenvalue weighted by Gasteiger charge is 2.42. The van der Waals surface area contributed by atoms with Crippen LogP contribution in [0.4, 0.5) is 4.79 Å². The molecule has 3 amide bonds. The average molecular weight is 429 g/mol. The minimum Gasteiger partial charge on any atom is -0.462 e. The highest BCUT2D eigenvalue weighted by molar-refractivity contribution is 8.00. The van der Waals surface area contributed by atoms with Crippen molar-refractivity contribution in [2.24, 2.45) is 0 Å². The van der Waals surface area contributed by atoms with Gasteiger partial charge in [-0.15, -0.1) is 0 Å². The van der Waals surface area contributed by atoms with Crippen LogP contribution in [0.15, 0.2) is 0 Å². The third kappa shape index (κ3) is 8.12. The van der Waals surface area contributed by atoms with Gasteiger partial charge in [-0.1, -0.05) is 6.42 Å². The highest BCUT2D eigenvalue weighted by atomic mass is 32.2. The number of carbonyl (C=O) groups is 4. The molecule has 3 N–H and O–H groups in total. The fourth-order valence-corrected chi connectivity index (χ4v) is 5.09. The lowest BCUT2D eigenvalue weighted by atomic mass is 10.0. The standard InChI is InChI=1S/C19H30N3O6S/c1-11(8-14(28-13(3)24)9-27-12(2)23)20-17(25)7-5-4-6-16-18-15(10-29-16)21-19(26)22-18/h11,14-16,18H,1,4-10H2,2-3H3,(H,20,25)(H2,21,22,26)/t11?,14?,15-,16?,18-/m0/s1. The van der Waals surface area contributed by atoms with Crippen molar-refractivity contribution in [3.63, 3.8) is 0 Å². The van der Waals surface area contributed by atoms with Crippen LogP contribution in [0.1, 0.15) is 46.0 Å². The number of hydrogen-bond donors (Lipinski definition) is 3. The third-order valence-corrected chi connectivity index (χ3v) is 6.31. The molecule has 29 heavy (non-hydrogen) atoms. The lowest BCUT2D eigenvalue weighted by Gasteiger charge is -2.21. The summed E-state index contributed by atoms with van der Waals surface area (Å²) in [6.07, 6.45) is 2.58. The first-order chi connectivity index (χ1) is 13.7. The normalized spacial score (nSPS) is 24.7. The van der Waals surface area contributed by atoms with Crippen LogP contribution in [0.3, 0.4) is 0 Å². The number of carbonyl (C=O) groups excluding carboxylic acids is 4. The Hall–Kier alpha value is -1.97. The average Bonchev–Trinajstić information content (AvgIpc) is 3.15. The molecule has 9 nitrogen and oxygen atoms in total. The van der Waals surface area contributed by atoms with Gasteiger partial charge >= 0.3 is 18.0 Å². The van der Waals surface area contributed by atoms with Crippen LogP contribution in [-0.2, 0) is 23.9 Å². The number of esters is 2. The number of urea groups is 1. The molecule has 0 aliphatic carbocycles. The van der Waals surface area contributed by atoms with E-state index in [0.29, 0.717) is 11.7 Å². The molecule has 2 fully saturated rings. The van der Waals surface area contributed by atoms with Crippen LogP contribution in [0, 0.1) is 6.92 Å². The summed E-state index contributed by atoms with van der Waals surface area (Å²) in [4.78, 5) is 45.6. The Balaban J connectivity index is 1.62. The Morgan fingerprint density at radius 2 is 2.00 bits per heavy atom. The number of rotatable bonds is 11. The smallest absolute Gasteiger partial charge is 0.315 e. The van der Waals surface area contributed by atoms with E-state index in [9.17, 15) is 19.2 Å². The Labute approximate surface area is 175 Å². The summed E-state index contributed by atoms with van der Waals surface area (Å²) >= 11 is 1.86. The molecular weight excluding hydrogens is 398 g/mol. The topological polar surface area (TPSA) is 123 Å². The van der Waals surface area contributed by atoms with Crippen molar-refractivity contribution < 1.29 is 28.7 Å². The molecule has 3 unspecified atom stereocenters. The summed E-state index contributed by atoms with van der Waals surface area (Å²) in [5.74, 6) is -0.145. The predicted octanol–water partition coefficient (Wildman–Crippen LogP) is 0.916. The van der Waals surface area contributed by atoms with E-state index in [0.717, 1.165) is 25.0 Å². The van der Waals surface area contributed by atoms with E-state index in [1.54, 1.807) is 0 Å². The number of fused-ring (bicyclic) bond motifs is 1. The first-order valence-corrected chi connectivity index (χ1v) is 10.9. The van der Waals surface area contributed by atoms with E-state index >= 15 is 0 Å². The molecule has 5 atom stereocenters. The van der Waals surface area contributed by atoms with Crippen LogP contribution < -0.4 is 16.0 Å². The third-order valence-electron chi connectivity index (χ3n) is 4.80. The number of unbranched alkanes of at least 4 members (excludes halogenated alkanes) is 1. The summed E-state index contributed by atoms with van der Waals surface area (Å²) in [6.45, 7) is 6.35. The number of amides is 3. The SMILES string of the molecule is [CH2]C(CC(COC(C)=O)OC(C)=O)NC(=O)CCCCC1SC[C@@H]2NC(=O)N[C@H]12. The molecule has 1 radical (unpaired) electrons. The van der Waals surface area contributed by atoms with Crippen LogP contribution in [0.2, 0.25) is 0 Å². The van der Waals surface area contributed by atoms with Gasteiger partial charge in [0.1, 0.15) is 12.7 Å². The van der Waals surface area contributed by atoms with E-state index in [2.05, 4.69) is 22.9 Å². The van der Waals surface area contributed by atoms with E-state index < -0.39 is 24.1 Å². The first kappa shape index (κ1) is 23.3. The van der Waals surface area contributed by atoms with Crippen molar-refractivity contribution in [3.8, 4) is 0 Å². The largest absolute Gasteiger partial charge is 0.462 e. The van der Waals surface area contributed by atoms with Gasteiger partial charge in [0, 0.05) is 43.7 Å². The Morgan fingerprint density at radius 1 is 1.24 bits per heavy atom. The predicted molar refractivity (Wildman–Crippen MR) is 108 cm³/mol. The van der Waals surface area contributed by atoms with Crippen molar-refractivity contribution in [2.75, 3.05) is 12.4 Å². The highest BCUT2D eigenvalue weighted by Crippen LogP contribution is 2.33. The molecule has 0 aromatic heterocycles. The van der Waals surface area contributed by atoms with Crippen LogP contribution in [-0.4, -0.2) is 65.7 Å². The Bertz CT molecular complexity index is 617.